The van der Waals surface area contributed by atoms with Gasteiger partial charge in [0.1, 0.15) is 5.78 Å². The Hall–Kier alpha value is -3.07. The highest BCUT2D eigenvalue weighted by Crippen LogP contribution is 2.44. The summed E-state index contributed by atoms with van der Waals surface area (Å²) in [5.74, 6) is -0.0892. The third-order valence-electron chi connectivity index (χ3n) is 5.80. The summed E-state index contributed by atoms with van der Waals surface area (Å²) in [4.78, 5) is 23.4. The molecule has 0 spiro atoms. The Kier molecular flexibility index (Phi) is 6.34. The van der Waals surface area contributed by atoms with E-state index in [1.54, 1.807) is 48.5 Å². The number of Topliss-reactive ketones (excluding diaryl/α,β-unsaturated/α-hetero) is 1. The predicted octanol–water partition coefficient (Wildman–Crippen LogP) is 5.39. The molecule has 0 aromatic heterocycles. The van der Waals surface area contributed by atoms with Crippen LogP contribution in [0.5, 0.6) is 0 Å². The van der Waals surface area contributed by atoms with Crippen LogP contribution in [0.15, 0.2) is 77.7 Å². The number of aryl methyl sites for hydroxylation is 1. The SMILES string of the molecule is Cc1ccc(S(=O)(=O)N2[C@@H](c3ccc(Cl)cc3)CC(=O)C[C@H]2c2ccc([N+](=O)[O-])cc2)cc1. The van der Waals surface area contributed by atoms with E-state index in [2.05, 4.69) is 0 Å². The molecule has 0 radical (unpaired) electrons. The van der Waals surface area contributed by atoms with Crippen LogP contribution in [0.3, 0.4) is 0 Å². The van der Waals surface area contributed by atoms with Gasteiger partial charge in [-0.15, -0.1) is 0 Å². The number of carbonyl (C=O) groups excluding carboxylic acids is 1. The largest absolute Gasteiger partial charge is 0.300 e. The molecular formula is C24H21ClN2O5S. The molecule has 4 rings (SSSR count). The molecule has 1 aliphatic heterocycles. The second kappa shape index (κ2) is 9.05. The maximum absolute atomic E-state index is 13.9. The van der Waals surface area contributed by atoms with Crippen molar-refractivity contribution in [1.29, 1.82) is 0 Å². The van der Waals surface area contributed by atoms with E-state index in [1.165, 1.54) is 28.6 Å². The highest BCUT2D eigenvalue weighted by atomic mass is 35.5. The van der Waals surface area contributed by atoms with E-state index in [0.717, 1.165) is 5.56 Å². The van der Waals surface area contributed by atoms with Crippen molar-refractivity contribution < 1.29 is 18.1 Å². The van der Waals surface area contributed by atoms with E-state index in [1.807, 2.05) is 6.92 Å². The van der Waals surface area contributed by atoms with Crippen molar-refractivity contribution in [2.45, 2.75) is 36.7 Å². The molecule has 3 aromatic carbocycles. The predicted molar refractivity (Wildman–Crippen MR) is 124 cm³/mol. The number of non-ortho nitro benzene ring substituents is 1. The number of hydrogen-bond acceptors (Lipinski definition) is 5. The Morgan fingerprint density at radius 3 is 1.85 bits per heavy atom. The summed E-state index contributed by atoms with van der Waals surface area (Å²) < 4.78 is 29.2. The number of hydrogen-bond donors (Lipinski definition) is 0. The Morgan fingerprint density at radius 2 is 1.36 bits per heavy atom. The first-order valence-electron chi connectivity index (χ1n) is 10.3. The fourth-order valence-corrected chi connectivity index (χ4v) is 6.02. The van der Waals surface area contributed by atoms with Crippen molar-refractivity contribution >= 4 is 33.1 Å². The Morgan fingerprint density at radius 1 is 0.879 bits per heavy atom. The van der Waals surface area contributed by atoms with Crippen molar-refractivity contribution in [2.75, 3.05) is 0 Å². The maximum Gasteiger partial charge on any atom is 0.269 e. The molecule has 0 bridgehead atoms. The van der Waals surface area contributed by atoms with Crippen LogP contribution in [-0.4, -0.2) is 23.4 Å². The fourth-order valence-electron chi connectivity index (χ4n) is 4.11. The molecule has 0 unspecified atom stereocenters. The summed E-state index contributed by atoms with van der Waals surface area (Å²) in [5, 5.41) is 11.6. The zero-order valence-corrected chi connectivity index (χ0v) is 19.3. The number of rotatable bonds is 5. The van der Waals surface area contributed by atoms with Gasteiger partial charge in [-0.2, -0.15) is 4.31 Å². The monoisotopic (exact) mass is 484 g/mol. The van der Waals surface area contributed by atoms with Gasteiger partial charge in [0.05, 0.1) is 21.9 Å². The van der Waals surface area contributed by atoms with Gasteiger partial charge in [-0.25, -0.2) is 8.42 Å². The van der Waals surface area contributed by atoms with Crippen molar-refractivity contribution in [3.05, 3.63) is 105 Å². The van der Waals surface area contributed by atoms with Crippen molar-refractivity contribution in [3.8, 4) is 0 Å². The number of benzene rings is 3. The lowest BCUT2D eigenvalue weighted by atomic mass is 9.89. The summed E-state index contributed by atoms with van der Waals surface area (Å²) >= 11 is 6.03. The van der Waals surface area contributed by atoms with E-state index in [0.29, 0.717) is 16.1 Å². The maximum atomic E-state index is 13.9. The first kappa shape index (κ1) is 23.1. The molecule has 3 aromatic rings. The highest BCUT2D eigenvalue weighted by molar-refractivity contribution is 7.89. The van der Waals surface area contributed by atoms with Crippen molar-refractivity contribution in [2.24, 2.45) is 0 Å². The molecule has 9 heteroatoms. The molecule has 0 saturated carbocycles. The van der Waals surface area contributed by atoms with Crippen LogP contribution in [0.1, 0.15) is 41.6 Å². The summed E-state index contributed by atoms with van der Waals surface area (Å²) in [6.07, 6.45) is 0.00317. The number of piperidine rings is 1. The molecule has 7 nitrogen and oxygen atoms in total. The number of nitro groups is 1. The average molecular weight is 485 g/mol. The van der Waals surface area contributed by atoms with Crippen molar-refractivity contribution in [3.63, 3.8) is 0 Å². The molecule has 0 amide bonds. The summed E-state index contributed by atoms with van der Waals surface area (Å²) in [7, 11) is -4.02. The lowest BCUT2D eigenvalue weighted by Gasteiger charge is -2.40. The summed E-state index contributed by atoms with van der Waals surface area (Å²) in [6, 6.07) is 17.4. The van der Waals surface area contributed by atoms with E-state index in [4.69, 9.17) is 11.6 Å². The second-order valence-corrected chi connectivity index (χ2v) is 10.3. The van der Waals surface area contributed by atoms with Crippen LogP contribution in [0, 0.1) is 17.0 Å². The minimum absolute atomic E-state index is 0.0208. The Bertz CT molecular complexity index is 1290. The van der Waals surface area contributed by atoms with Gasteiger partial charge in [-0.1, -0.05) is 53.6 Å². The molecule has 0 aliphatic carbocycles. The summed E-state index contributed by atoms with van der Waals surface area (Å²) in [5.41, 5.74) is 1.98. The van der Waals surface area contributed by atoms with Gasteiger partial charge < -0.3 is 0 Å². The van der Waals surface area contributed by atoms with Gasteiger partial charge in [0, 0.05) is 30.0 Å². The van der Waals surface area contributed by atoms with Gasteiger partial charge in [-0.05, 0) is 42.3 Å². The van der Waals surface area contributed by atoms with Gasteiger partial charge in [-0.3, -0.25) is 14.9 Å². The highest BCUT2D eigenvalue weighted by Gasteiger charge is 2.44. The third-order valence-corrected chi connectivity index (χ3v) is 7.98. The normalized spacial score (nSPS) is 19.4. The second-order valence-electron chi connectivity index (χ2n) is 8.03. The van der Waals surface area contributed by atoms with E-state index < -0.39 is 27.0 Å². The fraction of sp³-hybridized carbons (Fsp3) is 0.208. The lowest BCUT2D eigenvalue weighted by Crippen LogP contribution is -2.43. The Balaban J connectivity index is 1.87. The first-order valence-corrected chi connectivity index (χ1v) is 12.1. The van der Waals surface area contributed by atoms with Crippen LogP contribution in [0.4, 0.5) is 5.69 Å². The first-order chi connectivity index (χ1) is 15.7. The smallest absolute Gasteiger partial charge is 0.269 e. The average Bonchev–Trinajstić information content (AvgIpc) is 2.79. The van der Waals surface area contributed by atoms with Crippen LogP contribution < -0.4 is 0 Å². The van der Waals surface area contributed by atoms with Crippen LogP contribution in [0.2, 0.25) is 5.02 Å². The molecule has 1 fully saturated rings. The number of carbonyl (C=O) groups is 1. The van der Waals surface area contributed by atoms with E-state index in [9.17, 15) is 23.3 Å². The number of ketones is 1. The molecule has 0 N–H and O–H groups in total. The number of halogens is 1. The lowest BCUT2D eigenvalue weighted by molar-refractivity contribution is -0.384. The van der Waals surface area contributed by atoms with Crippen LogP contribution in [0.25, 0.3) is 0 Å². The molecular weight excluding hydrogens is 464 g/mol. The van der Waals surface area contributed by atoms with Gasteiger partial charge in [0.25, 0.3) is 5.69 Å². The number of nitro benzene ring substituents is 1. The van der Waals surface area contributed by atoms with Gasteiger partial charge >= 0.3 is 0 Å². The number of nitrogens with zero attached hydrogens (tertiary/aromatic N) is 2. The standard InChI is InChI=1S/C24H21ClN2O5S/c1-16-2-12-22(13-3-16)33(31,32)26-23(17-4-8-19(25)9-5-17)14-21(28)15-24(26)18-6-10-20(11-7-18)27(29)30/h2-13,23-24H,14-15H2,1H3/t23-,24+/m1/s1. The van der Waals surface area contributed by atoms with E-state index in [-0.39, 0.29) is 29.2 Å². The van der Waals surface area contributed by atoms with Crippen molar-refractivity contribution in [1.82, 2.24) is 4.31 Å². The summed E-state index contributed by atoms with van der Waals surface area (Å²) in [6.45, 7) is 1.87. The van der Waals surface area contributed by atoms with Crippen LogP contribution in [-0.2, 0) is 14.8 Å². The number of sulfonamides is 1. The zero-order chi connectivity index (χ0) is 23.8. The van der Waals surface area contributed by atoms with Gasteiger partial charge in [0.2, 0.25) is 10.0 Å². The third kappa shape index (κ3) is 4.68. The van der Waals surface area contributed by atoms with Crippen LogP contribution >= 0.6 is 11.6 Å². The Labute approximate surface area is 196 Å². The van der Waals surface area contributed by atoms with Gasteiger partial charge in [0.15, 0.2) is 0 Å². The quantitative estimate of drug-likeness (QED) is 0.357. The molecule has 2 atom stereocenters. The topological polar surface area (TPSA) is 97.6 Å². The molecule has 33 heavy (non-hydrogen) atoms. The molecule has 1 heterocycles. The van der Waals surface area contributed by atoms with E-state index >= 15 is 0 Å². The molecule has 170 valence electrons. The minimum atomic E-state index is -4.02. The zero-order valence-electron chi connectivity index (χ0n) is 17.7. The minimum Gasteiger partial charge on any atom is -0.300 e. The molecule has 1 aliphatic rings. The molecule has 1 saturated heterocycles.